The Morgan fingerprint density at radius 1 is 1.42 bits per heavy atom. The molecule has 1 heterocycles. The lowest BCUT2D eigenvalue weighted by molar-refractivity contribution is 0.0697. The number of hydrogen-bond donors (Lipinski definition) is 3. The molecular formula is C13H12BrN3O2. The van der Waals surface area contributed by atoms with E-state index in [9.17, 15) is 4.79 Å². The molecular weight excluding hydrogens is 310 g/mol. The van der Waals surface area contributed by atoms with E-state index in [0.29, 0.717) is 5.69 Å². The third-order valence-corrected chi connectivity index (χ3v) is 3.09. The maximum absolute atomic E-state index is 11.2. The van der Waals surface area contributed by atoms with Crippen LogP contribution in [0.1, 0.15) is 15.9 Å². The summed E-state index contributed by atoms with van der Waals surface area (Å²) in [5.74, 6) is -0.808. The minimum atomic E-state index is -1.07. The largest absolute Gasteiger partial charge is 0.478 e. The van der Waals surface area contributed by atoms with Crippen molar-refractivity contribution in [3.05, 3.63) is 46.1 Å². The summed E-state index contributed by atoms with van der Waals surface area (Å²) in [6.07, 6.45) is 1.42. The standard InChI is InChI=1S/C13H12BrN3O2/c1-7-2-3-8(14)4-11(7)17-12-10(13(18)19)5-9(15)6-16-12/h2-6H,15H2,1H3,(H,16,17)(H,18,19). The molecule has 0 aliphatic rings. The van der Waals surface area contributed by atoms with Crippen LogP contribution in [-0.2, 0) is 0 Å². The number of carboxylic acids is 1. The maximum atomic E-state index is 11.2. The smallest absolute Gasteiger partial charge is 0.339 e. The number of hydrogen-bond acceptors (Lipinski definition) is 4. The zero-order valence-corrected chi connectivity index (χ0v) is 11.7. The van der Waals surface area contributed by atoms with Crippen molar-refractivity contribution < 1.29 is 9.90 Å². The third-order valence-electron chi connectivity index (χ3n) is 2.59. The van der Waals surface area contributed by atoms with Gasteiger partial charge in [0.05, 0.1) is 11.9 Å². The van der Waals surface area contributed by atoms with Gasteiger partial charge in [-0.1, -0.05) is 22.0 Å². The van der Waals surface area contributed by atoms with Crippen LogP contribution in [0.3, 0.4) is 0 Å². The molecule has 1 aromatic carbocycles. The van der Waals surface area contributed by atoms with E-state index in [-0.39, 0.29) is 11.4 Å². The van der Waals surface area contributed by atoms with Crippen molar-refractivity contribution in [2.24, 2.45) is 0 Å². The predicted molar refractivity (Wildman–Crippen MR) is 77.8 cm³/mol. The lowest BCUT2D eigenvalue weighted by atomic mass is 10.2. The molecule has 0 radical (unpaired) electrons. The monoisotopic (exact) mass is 321 g/mol. The first-order valence-corrected chi connectivity index (χ1v) is 6.28. The lowest BCUT2D eigenvalue weighted by Gasteiger charge is -2.11. The number of anilines is 3. The van der Waals surface area contributed by atoms with Gasteiger partial charge in [0, 0.05) is 10.2 Å². The second kappa shape index (κ2) is 5.27. The number of rotatable bonds is 3. The number of aromatic carboxylic acids is 1. The maximum Gasteiger partial charge on any atom is 0.339 e. The number of nitrogen functional groups attached to an aromatic ring is 1. The van der Waals surface area contributed by atoms with E-state index in [2.05, 4.69) is 26.2 Å². The van der Waals surface area contributed by atoms with Crippen molar-refractivity contribution >= 4 is 39.1 Å². The Hall–Kier alpha value is -2.08. The molecule has 98 valence electrons. The summed E-state index contributed by atoms with van der Waals surface area (Å²) in [5.41, 5.74) is 7.68. The van der Waals surface area contributed by atoms with Crippen molar-refractivity contribution in [3.63, 3.8) is 0 Å². The van der Waals surface area contributed by atoms with Crippen LogP contribution >= 0.6 is 15.9 Å². The van der Waals surface area contributed by atoms with Gasteiger partial charge in [-0.05, 0) is 30.7 Å². The van der Waals surface area contributed by atoms with Crippen molar-refractivity contribution in [2.45, 2.75) is 6.92 Å². The van der Waals surface area contributed by atoms with Gasteiger partial charge in [0.15, 0.2) is 0 Å². The van der Waals surface area contributed by atoms with Gasteiger partial charge in [-0.3, -0.25) is 0 Å². The topological polar surface area (TPSA) is 88.2 Å². The number of carboxylic acid groups (broad SMARTS) is 1. The van der Waals surface area contributed by atoms with E-state index < -0.39 is 5.97 Å². The number of aryl methyl sites for hydroxylation is 1. The summed E-state index contributed by atoms with van der Waals surface area (Å²) in [7, 11) is 0. The first-order valence-electron chi connectivity index (χ1n) is 5.49. The highest BCUT2D eigenvalue weighted by molar-refractivity contribution is 9.10. The number of nitrogens with two attached hydrogens (primary N) is 1. The van der Waals surface area contributed by atoms with Gasteiger partial charge >= 0.3 is 5.97 Å². The second-order valence-electron chi connectivity index (χ2n) is 4.05. The highest BCUT2D eigenvalue weighted by Crippen LogP contribution is 2.26. The summed E-state index contributed by atoms with van der Waals surface area (Å²) >= 11 is 3.37. The SMILES string of the molecule is Cc1ccc(Br)cc1Nc1ncc(N)cc1C(=O)O. The van der Waals surface area contributed by atoms with Crippen LogP contribution in [0.15, 0.2) is 34.9 Å². The number of nitrogens with zero attached hydrogens (tertiary/aromatic N) is 1. The Balaban J connectivity index is 2.43. The van der Waals surface area contributed by atoms with E-state index >= 15 is 0 Å². The molecule has 5 nitrogen and oxygen atoms in total. The Labute approximate surface area is 118 Å². The van der Waals surface area contributed by atoms with E-state index in [4.69, 9.17) is 10.8 Å². The lowest BCUT2D eigenvalue weighted by Crippen LogP contribution is -2.06. The average molecular weight is 322 g/mol. The van der Waals surface area contributed by atoms with Crippen LogP contribution in [0.2, 0.25) is 0 Å². The summed E-state index contributed by atoms with van der Waals surface area (Å²) < 4.78 is 0.896. The molecule has 0 saturated heterocycles. The van der Waals surface area contributed by atoms with Crippen LogP contribution in [0.25, 0.3) is 0 Å². The zero-order valence-electron chi connectivity index (χ0n) is 10.1. The van der Waals surface area contributed by atoms with Gasteiger partial charge in [-0.15, -0.1) is 0 Å². The molecule has 0 bridgehead atoms. The van der Waals surface area contributed by atoms with Crippen molar-refractivity contribution in [1.82, 2.24) is 4.98 Å². The quantitative estimate of drug-likeness (QED) is 0.808. The Bertz CT molecular complexity index is 644. The molecule has 0 atom stereocenters. The van der Waals surface area contributed by atoms with Crippen molar-refractivity contribution in [2.75, 3.05) is 11.1 Å². The Morgan fingerprint density at radius 2 is 2.16 bits per heavy atom. The number of benzene rings is 1. The number of nitrogens with one attached hydrogen (secondary N) is 1. The Kier molecular flexibility index (Phi) is 3.71. The number of pyridine rings is 1. The molecule has 0 amide bonds. The van der Waals surface area contributed by atoms with Crippen LogP contribution in [0.4, 0.5) is 17.2 Å². The van der Waals surface area contributed by atoms with Gasteiger partial charge in [0.1, 0.15) is 11.4 Å². The molecule has 0 aliphatic heterocycles. The van der Waals surface area contributed by atoms with Gasteiger partial charge in [-0.2, -0.15) is 0 Å². The molecule has 4 N–H and O–H groups in total. The van der Waals surface area contributed by atoms with E-state index in [0.717, 1.165) is 15.7 Å². The average Bonchev–Trinajstić information content (AvgIpc) is 2.35. The van der Waals surface area contributed by atoms with Gasteiger partial charge in [0.2, 0.25) is 0 Å². The predicted octanol–water partition coefficient (Wildman–Crippen LogP) is 3.18. The van der Waals surface area contributed by atoms with Crippen molar-refractivity contribution in [3.8, 4) is 0 Å². The van der Waals surface area contributed by atoms with Crippen LogP contribution < -0.4 is 11.1 Å². The molecule has 2 aromatic rings. The van der Waals surface area contributed by atoms with Gasteiger partial charge in [-0.25, -0.2) is 9.78 Å². The number of halogens is 1. The van der Waals surface area contributed by atoms with Gasteiger partial charge in [0.25, 0.3) is 0 Å². The molecule has 0 spiro atoms. The van der Waals surface area contributed by atoms with E-state index in [1.165, 1.54) is 12.3 Å². The fourth-order valence-corrected chi connectivity index (χ4v) is 1.96. The zero-order chi connectivity index (χ0) is 14.0. The molecule has 0 saturated carbocycles. The minimum Gasteiger partial charge on any atom is -0.478 e. The summed E-state index contributed by atoms with van der Waals surface area (Å²) in [4.78, 5) is 15.2. The first kappa shape index (κ1) is 13.4. The minimum absolute atomic E-state index is 0.0411. The molecule has 1 aromatic heterocycles. The molecule has 19 heavy (non-hydrogen) atoms. The fourth-order valence-electron chi connectivity index (χ4n) is 1.60. The molecule has 2 rings (SSSR count). The summed E-state index contributed by atoms with van der Waals surface area (Å²) in [6.45, 7) is 1.92. The molecule has 0 unspecified atom stereocenters. The Morgan fingerprint density at radius 3 is 2.84 bits per heavy atom. The normalized spacial score (nSPS) is 10.2. The molecule has 0 fully saturated rings. The van der Waals surface area contributed by atoms with E-state index in [1.807, 2.05) is 25.1 Å². The summed E-state index contributed by atoms with van der Waals surface area (Å²) in [6, 6.07) is 7.07. The summed E-state index contributed by atoms with van der Waals surface area (Å²) in [5, 5.41) is 12.2. The highest BCUT2D eigenvalue weighted by atomic mass is 79.9. The second-order valence-corrected chi connectivity index (χ2v) is 4.97. The van der Waals surface area contributed by atoms with Crippen molar-refractivity contribution in [1.29, 1.82) is 0 Å². The number of aromatic nitrogens is 1. The van der Waals surface area contributed by atoms with Crippen LogP contribution in [-0.4, -0.2) is 16.1 Å². The van der Waals surface area contributed by atoms with Gasteiger partial charge < -0.3 is 16.2 Å². The molecule has 6 heteroatoms. The molecule has 0 aliphatic carbocycles. The third kappa shape index (κ3) is 3.03. The van der Waals surface area contributed by atoms with Crippen LogP contribution in [0, 0.1) is 6.92 Å². The highest BCUT2D eigenvalue weighted by Gasteiger charge is 2.13. The van der Waals surface area contributed by atoms with E-state index in [1.54, 1.807) is 0 Å². The van der Waals surface area contributed by atoms with Crippen LogP contribution in [0.5, 0.6) is 0 Å². The number of carbonyl (C=O) groups is 1. The first-order chi connectivity index (χ1) is 8.97. The fraction of sp³-hybridized carbons (Fsp3) is 0.0769.